The highest BCUT2D eigenvalue weighted by Gasteiger charge is 2.16. The molecule has 1 heterocycles. The summed E-state index contributed by atoms with van der Waals surface area (Å²) in [5.41, 5.74) is 0.242. The number of ether oxygens (including phenoxy) is 1. The summed E-state index contributed by atoms with van der Waals surface area (Å²) in [4.78, 5) is 33.8. The van der Waals surface area contributed by atoms with Crippen LogP contribution in [0.5, 0.6) is 5.75 Å². The molecule has 2 aromatic carbocycles. The Labute approximate surface area is 175 Å². The van der Waals surface area contributed by atoms with Gasteiger partial charge in [0.25, 0.3) is 11.5 Å². The molecule has 0 spiro atoms. The summed E-state index contributed by atoms with van der Waals surface area (Å²) in [6.45, 7) is 2.59. The van der Waals surface area contributed by atoms with Crippen molar-refractivity contribution >= 4 is 44.3 Å². The largest absolute Gasteiger partial charge is 0.484 e. The van der Waals surface area contributed by atoms with Crippen molar-refractivity contribution in [3.8, 4) is 5.75 Å². The van der Waals surface area contributed by atoms with Gasteiger partial charge in [0.2, 0.25) is 0 Å². The molecule has 0 aliphatic heterocycles. The smallest absolute Gasteiger partial charge is 0.260 e. The van der Waals surface area contributed by atoms with E-state index in [0.717, 1.165) is 10.9 Å². The minimum Gasteiger partial charge on any atom is -0.484 e. The second kappa shape index (κ2) is 9.21. The minimum absolute atomic E-state index is 0.0971. The van der Waals surface area contributed by atoms with Gasteiger partial charge >= 0.3 is 0 Å². The van der Waals surface area contributed by atoms with E-state index in [1.165, 1.54) is 0 Å². The number of aromatic amines is 1. The molecule has 0 saturated heterocycles. The van der Waals surface area contributed by atoms with Crippen LogP contribution in [0.25, 0.3) is 10.9 Å². The normalized spacial score (nSPS) is 10.8. The fourth-order valence-electron chi connectivity index (χ4n) is 2.77. The van der Waals surface area contributed by atoms with Crippen LogP contribution in [0.4, 0.5) is 0 Å². The van der Waals surface area contributed by atoms with Gasteiger partial charge in [0.1, 0.15) is 11.6 Å². The molecule has 8 heteroatoms. The molecule has 0 unspecified atom stereocenters. The number of nitrogens with zero attached hydrogens (tertiary/aromatic N) is 2. The van der Waals surface area contributed by atoms with Crippen molar-refractivity contribution < 1.29 is 9.53 Å². The van der Waals surface area contributed by atoms with Gasteiger partial charge in [-0.2, -0.15) is 0 Å². The van der Waals surface area contributed by atoms with E-state index in [0.29, 0.717) is 34.0 Å². The molecule has 6 nitrogen and oxygen atoms in total. The van der Waals surface area contributed by atoms with Crippen LogP contribution in [0, 0.1) is 0 Å². The lowest BCUT2D eigenvalue weighted by Gasteiger charge is -2.22. The molecule has 3 rings (SSSR count). The molecular weight excluding hydrogens is 446 g/mol. The van der Waals surface area contributed by atoms with Crippen LogP contribution in [-0.2, 0) is 11.3 Å². The number of carbonyl (C=O) groups is 1. The molecule has 1 amide bonds. The van der Waals surface area contributed by atoms with Crippen molar-refractivity contribution in [1.82, 2.24) is 14.9 Å². The molecule has 0 atom stereocenters. The van der Waals surface area contributed by atoms with E-state index in [2.05, 4.69) is 25.9 Å². The third kappa shape index (κ3) is 5.11. The highest BCUT2D eigenvalue weighted by atomic mass is 79.9. The predicted molar refractivity (Wildman–Crippen MR) is 113 cm³/mol. The lowest BCUT2D eigenvalue weighted by atomic mass is 10.2. The number of nitrogens with one attached hydrogen (secondary N) is 1. The van der Waals surface area contributed by atoms with Gasteiger partial charge in [0.05, 0.1) is 17.4 Å². The van der Waals surface area contributed by atoms with E-state index in [1.54, 1.807) is 35.2 Å². The molecule has 28 heavy (non-hydrogen) atoms. The van der Waals surface area contributed by atoms with Crippen molar-refractivity contribution in [3.63, 3.8) is 0 Å². The molecule has 0 bridgehead atoms. The van der Waals surface area contributed by atoms with Crippen LogP contribution in [-0.4, -0.2) is 33.9 Å². The number of carbonyl (C=O) groups excluding carboxylic acids is 1. The second-order valence-corrected chi connectivity index (χ2v) is 7.59. The fourth-order valence-corrected chi connectivity index (χ4v) is 3.32. The van der Waals surface area contributed by atoms with Crippen LogP contribution in [0.15, 0.2) is 51.7 Å². The maximum absolute atomic E-state index is 12.6. The third-order valence-corrected chi connectivity index (χ3v) is 4.79. The van der Waals surface area contributed by atoms with Gasteiger partial charge in [0, 0.05) is 16.0 Å². The summed E-state index contributed by atoms with van der Waals surface area (Å²) < 4.78 is 6.47. The van der Waals surface area contributed by atoms with E-state index >= 15 is 0 Å². The Morgan fingerprint density at radius 2 is 2.11 bits per heavy atom. The maximum Gasteiger partial charge on any atom is 0.260 e. The lowest BCUT2D eigenvalue weighted by molar-refractivity contribution is -0.134. The summed E-state index contributed by atoms with van der Waals surface area (Å²) in [6, 6.07) is 12.2. The molecule has 0 aliphatic rings. The Kier molecular flexibility index (Phi) is 6.70. The zero-order valence-electron chi connectivity index (χ0n) is 15.2. The number of fused-ring (bicyclic) bond motifs is 1. The summed E-state index contributed by atoms with van der Waals surface area (Å²) in [5, 5.41) is 0.958. The zero-order valence-corrected chi connectivity index (χ0v) is 17.6. The standard InChI is InChI=1S/C20H19BrClN3O3/c1-2-8-25(19(26)12-28-15-5-3-4-13(21)9-15)11-18-23-17-10-14(22)6-7-16(17)20(27)24-18/h3-7,9-10H,2,8,11-12H2,1H3,(H,23,24,27). The van der Waals surface area contributed by atoms with Crippen LogP contribution >= 0.6 is 27.5 Å². The quantitative estimate of drug-likeness (QED) is 0.570. The Morgan fingerprint density at radius 1 is 1.29 bits per heavy atom. The summed E-state index contributed by atoms with van der Waals surface area (Å²) in [5.74, 6) is 0.825. The summed E-state index contributed by atoms with van der Waals surface area (Å²) >= 11 is 9.38. The van der Waals surface area contributed by atoms with E-state index in [-0.39, 0.29) is 24.6 Å². The fraction of sp³-hybridized carbons (Fsp3) is 0.250. The van der Waals surface area contributed by atoms with E-state index < -0.39 is 0 Å². The van der Waals surface area contributed by atoms with Gasteiger partial charge in [-0.05, 0) is 42.8 Å². The van der Waals surface area contributed by atoms with Gasteiger partial charge < -0.3 is 14.6 Å². The van der Waals surface area contributed by atoms with Crippen LogP contribution in [0.2, 0.25) is 5.02 Å². The van der Waals surface area contributed by atoms with Crippen molar-refractivity contribution in [1.29, 1.82) is 0 Å². The first kappa shape index (κ1) is 20.4. The SMILES string of the molecule is CCCN(Cc1nc2cc(Cl)ccc2c(=O)[nH]1)C(=O)COc1cccc(Br)c1. The van der Waals surface area contributed by atoms with Gasteiger partial charge in [-0.25, -0.2) is 4.98 Å². The maximum atomic E-state index is 12.6. The van der Waals surface area contributed by atoms with Crippen molar-refractivity contribution in [2.24, 2.45) is 0 Å². The van der Waals surface area contributed by atoms with Crippen LogP contribution < -0.4 is 10.3 Å². The van der Waals surface area contributed by atoms with Gasteiger partial charge in [0.15, 0.2) is 6.61 Å². The number of hydrogen-bond acceptors (Lipinski definition) is 4. The Balaban J connectivity index is 1.75. The first-order chi connectivity index (χ1) is 13.5. The van der Waals surface area contributed by atoms with Gasteiger partial charge in [-0.1, -0.05) is 40.5 Å². The Bertz CT molecular complexity index is 1050. The monoisotopic (exact) mass is 463 g/mol. The van der Waals surface area contributed by atoms with Crippen LogP contribution in [0.1, 0.15) is 19.2 Å². The molecule has 1 aromatic heterocycles. The van der Waals surface area contributed by atoms with E-state index in [9.17, 15) is 9.59 Å². The Morgan fingerprint density at radius 3 is 2.86 bits per heavy atom. The lowest BCUT2D eigenvalue weighted by Crippen LogP contribution is -2.36. The number of hydrogen-bond donors (Lipinski definition) is 1. The topological polar surface area (TPSA) is 75.3 Å². The molecule has 146 valence electrons. The van der Waals surface area contributed by atoms with Crippen LogP contribution in [0.3, 0.4) is 0 Å². The number of rotatable bonds is 7. The number of halogens is 2. The Hall–Kier alpha value is -2.38. The molecule has 0 aliphatic carbocycles. The first-order valence-corrected chi connectivity index (χ1v) is 9.98. The third-order valence-electron chi connectivity index (χ3n) is 4.06. The van der Waals surface area contributed by atoms with Crippen molar-refractivity contribution in [3.05, 3.63) is 68.1 Å². The number of amides is 1. The zero-order chi connectivity index (χ0) is 20.1. The molecule has 0 radical (unpaired) electrons. The highest BCUT2D eigenvalue weighted by Crippen LogP contribution is 2.18. The molecule has 1 N–H and O–H groups in total. The van der Waals surface area contributed by atoms with E-state index in [1.807, 2.05) is 19.1 Å². The van der Waals surface area contributed by atoms with Crippen molar-refractivity contribution in [2.75, 3.05) is 13.2 Å². The van der Waals surface area contributed by atoms with Crippen molar-refractivity contribution in [2.45, 2.75) is 19.9 Å². The summed E-state index contributed by atoms with van der Waals surface area (Å²) in [7, 11) is 0. The van der Waals surface area contributed by atoms with Gasteiger partial charge in [-0.3, -0.25) is 9.59 Å². The predicted octanol–water partition coefficient (Wildman–Crippen LogP) is 4.16. The average Bonchev–Trinajstić information content (AvgIpc) is 2.65. The number of aromatic nitrogens is 2. The van der Waals surface area contributed by atoms with E-state index in [4.69, 9.17) is 16.3 Å². The number of benzene rings is 2. The summed E-state index contributed by atoms with van der Waals surface area (Å²) in [6.07, 6.45) is 0.770. The molecule has 0 saturated carbocycles. The highest BCUT2D eigenvalue weighted by molar-refractivity contribution is 9.10. The molecule has 3 aromatic rings. The minimum atomic E-state index is -0.258. The molecule has 0 fully saturated rings. The first-order valence-electron chi connectivity index (χ1n) is 8.81. The second-order valence-electron chi connectivity index (χ2n) is 6.24. The molecular formula is C20H19BrClN3O3. The average molecular weight is 465 g/mol. The van der Waals surface area contributed by atoms with Gasteiger partial charge in [-0.15, -0.1) is 0 Å². The number of H-pyrrole nitrogens is 1.